The van der Waals surface area contributed by atoms with E-state index in [1.54, 1.807) is 0 Å². The highest BCUT2D eigenvalue weighted by Crippen LogP contribution is 2.32. The molecule has 0 saturated carbocycles. The summed E-state index contributed by atoms with van der Waals surface area (Å²) < 4.78 is 4.78. The standard InChI is InChI=1S/C18H21N3O3S2/c1-24-16(23)10-14-17(12-5-3-2-4-6-12)21-18(26-14)20-15(22)9-13-11-25-8-7-19-13/h2-6,13,19H,7-11H2,1H3,(H,20,21,22). The summed E-state index contributed by atoms with van der Waals surface area (Å²) >= 11 is 3.18. The van der Waals surface area contributed by atoms with Crippen molar-refractivity contribution in [1.82, 2.24) is 10.3 Å². The van der Waals surface area contributed by atoms with Gasteiger partial charge in [0.2, 0.25) is 5.91 Å². The fraction of sp³-hybridized carbons (Fsp3) is 0.389. The summed E-state index contributed by atoms with van der Waals surface area (Å²) in [4.78, 5) is 29.4. The second-order valence-electron chi connectivity index (χ2n) is 5.89. The molecule has 1 aromatic carbocycles. The number of carbonyl (C=O) groups excluding carboxylic acids is 2. The highest BCUT2D eigenvalue weighted by atomic mass is 32.2. The van der Waals surface area contributed by atoms with E-state index in [-0.39, 0.29) is 24.3 Å². The number of ether oxygens (including phenoxy) is 1. The van der Waals surface area contributed by atoms with Gasteiger partial charge in [-0.3, -0.25) is 9.59 Å². The molecule has 1 unspecified atom stereocenters. The third-order valence-corrected chi connectivity index (χ3v) is 6.06. The fourth-order valence-electron chi connectivity index (χ4n) is 2.69. The van der Waals surface area contributed by atoms with Crippen LogP contribution < -0.4 is 10.6 Å². The van der Waals surface area contributed by atoms with Crippen LogP contribution in [0.25, 0.3) is 11.3 Å². The van der Waals surface area contributed by atoms with Gasteiger partial charge in [-0.2, -0.15) is 11.8 Å². The number of hydrogen-bond donors (Lipinski definition) is 2. The zero-order chi connectivity index (χ0) is 18.4. The zero-order valence-electron chi connectivity index (χ0n) is 14.5. The number of aromatic nitrogens is 1. The van der Waals surface area contributed by atoms with Crippen LogP contribution in [0.3, 0.4) is 0 Å². The van der Waals surface area contributed by atoms with Crippen LogP contribution in [0.5, 0.6) is 0 Å². The van der Waals surface area contributed by atoms with Crippen LogP contribution in [0.2, 0.25) is 0 Å². The highest BCUT2D eigenvalue weighted by molar-refractivity contribution is 7.99. The Morgan fingerprint density at radius 1 is 1.35 bits per heavy atom. The lowest BCUT2D eigenvalue weighted by Gasteiger charge is -2.22. The highest BCUT2D eigenvalue weighted by Gasteiger charge is 2.20. The second-order valence-corrected chi connectivity index (χ2v) is 8.12. The molecule has 0 spiro atoms. The molecule has 1 aliphatic rings. The Hall–Kier alpha value is -1.90. The van der Waals surface area contributed by atoms with Crippen molar-refractivity contribution >= 4 is 40.1 Å². The van der Waals surface area contributed by atoms with Crippen molar-refractivity contribution in [3.8, 4) is 11.3 Å². The predicted octanol–water partition coefficient (Wildman–Crippen LogP) is 2.56. The van der Waals surface area contributed by atoms with Gasteiger partial charge in [0.05, 0.1) is 19.2 Å². The number of benzene rings is 1. The first-order chi connectivity index (χ1) is 12.7. The predicted molar refractivity (Wildman–Crippen MR) is 106 cm³/mol. The number of nitrogens with one attached hydrogen (secondary N) is 2. The lowest BCUT2D eigenvalue weighted by molar-refractivity contribution is -0.139. The Kier molecular flexibility index (Phi) is 6.65. The number of anilines is 1. The molecular weight excluding hydrogens is 370 g/mol. The van der Waals surface area contributed by atoms with Crippen molar-refractivity contribution in [2.24, 2.45) is 0 Å². The van der Waals surface area contributed by atoms with E-state index in [1.807, 2.05) is 42.1 Å². The molecule has 0 bridgehead atoms. The van der Waals surface area contributed by atoms with Gasteiger partial charge in [0, 0.05) is 41.0 Å². The van der Waals surface area contributed by atoms with Gasteiger partial charge in [-0.15, -0.1) is 11.3 Å². The van der Waals surface area contributed by atoms with Crippen molar-refractivity contribution in [3.63, 3.8) is 0 Å². The van der Waals surface area contributed by atoms with Crippen LogP contribution in [0.15, 0.2) is 30.3 Å². The molecular formula is C18H21N3O3S2. The van der Waals surface area contributed by atoms with Gasteiger partial charge in [-0.1, -0.05) is 30.3 Å². The van der Waals surface area contributed by atoms with Crippen LogP contribution in [-0.2, 0) is 20.7 Å². The maximum Gasteiger partial charge on any atom is 0.310 e. The maximum absolute atomic E-state index is 12.3. The van der Waals surface area contributed by atoms with E-state index in [0.717, 1.165) is 28.5 Å². The molecule has 138 valence electrons. The fourth-order valence-corrected chi connectivity index (χ4v) is 4.63. The quantitative estimate of drug-likeness (QED) is 0.737. The Balaban J connectivity index is 1.74. The summed E-state index contributed by atoms with van der Waals surface area (Å²) in [6.45, 7) is 0.932. The number of thiazole rings is 1. The van der Waals surface area contributed by atoms with E-state index < -0.39 is 0 Å². The summed E-state index contributed by atoms with van der Waals surface area (Å²) in [6.07, 6.45) is 0.550. The summed E-state index contributed by atoms with van der Waals surface area (Å²) in [5.74, 6) is 1.63. The van der Waals surface area contributed by atoms with Crippen molar-refractivity contribution in [2.45, 2.75) is 18.9 Å². The van der Waals surface area contributed by atoms with Gasteiger partial charge in [0.1, 0.15) is 0 Å². The molecule has 2 aromatic rings. The lowest BCUT2D eigenvalue weighted by Crippen LogP contribution is -2.39. The smallest absolute Gasteiger partial charge is 0.310 e. The van der Waals surface area contributed by atoms with E-state index in [9.17, 15) is 9.59 Å². The first-order valence-electron chi connectivity index (χ1n) is 8.38. The molecule has 8 heteroatoms. The summed E-state index contributed by atoms with van der Waals surface area (Å²) in [5, 5.41) is 6.74. The molecule has 1 atom stereocenters. The Labute approximate surface area is 160 Å². The van der Waals surface area contributed by atoms with Crippen LogP contribution >= 0.6 is 23.1 Å². The van der Waals surface area contributed by atoms with Crippen molar-refractivity contribution in [3.05, 3.63) is 35.2 Å². The average Bonchev–Trinajstić information content (AvgIpc) is 3.05. The van der Waals surface area contributed by atoms with Crippen molar-refractivity contribution in [1.29, 1.82) is 0 Å². The zero-order valence-corrected chi connectivity index (χ0v) is 16.1. The van der Waals surface area contributed by atoms with Crippen molar-refractivity contribution in [2.75, 3.05) is 30.5 Å². The maximum atomic E-state index is 12.3. The van der Waals surface area contributed by atoms with E-state index in [0.29, 0.717) is 17.2 Å². The Morgan fingerprint density at radius 3 is 2.85 bits per heavy atom. The Morgan fingerprint density at radius 2 is 2.15 bits per heavy atom. The van der Waals surface area contributed by atoms with Gasteiger partial charge in [0.25, 0.3) is 0 Å². The van der Waals surface area contributed by atoms with Crippen LogP contribution in [0, 0.1) is 0 Å². The minimum Gasteiger partial charge on any atom is -0.469 e. The third kappa shape index (κ3) is 5.06. The summed E-state index contributed by atoms with van der Waals surface area (Å²) in [7, 11) is 1.36. The molecule has 2 N–H and O–H groups in total. The molecule has 26 heavy (non-hydrogen) atoms. The second kappa shape index (κ2) is 9.16. The number of hydrogen-bond acceptors (Lipinski definition) is 7. The first kappa shape index (κ1) is 18.9. The van der Waals surface area contributed by atoms with E-state index in [2.05, 4.69) is 15.6 Å². The number of amides is 1. The first-order valence-corrected chi connectivity index (χ1v) is 10.4. The molecule has 1 fully saturated rings. The molecule has 0 aliphatic carbocycles. The van der Waals surface area contributed by atoms with E-state index in [4.69, 9.17) is 4.74 Å². The van der Waals surface area contributed by atoms with Crippen LogP contribution in [0.1, 0.15) is 11.3 Å². The number of methoxy groups -OCH3 is 1. The number of thioether (sulfide) groups is 1. The molecule has 1 saturated heterocycles. The Bertz CT molecular complexity index is 758. The largest absolute Gasteiger partial charge is 0.469 e. The van der Waals surface area contributed by atoms with E-state index in [1.165, 1.54) is 18.4 Å². The van der Waals surface area contributed by atoms with Gasteiger partial charge >= 0.3 is 5.97 Å². The third-order valence-electron chi connectivity index (χ3n) is 3.95. The van der Waals surface area contributed by atoms with Crippen LogP contribution in [-0.4, -0.2) is 48.1 Å². The minimum atomic E-state index is -0.327. The molecule has 0 radical (unpaired) electrons. The molecule has 3 rings (SSSR count). The molecule has 6 nitrogen and oxygen atoms in total. The van der Waals surface area contributed by atoms with Gasteiger partial charge < -0.3 is 15.4 Å². The van der Waals surface area contributed by atoms with Gasteiger partial charge in [-0.05, 0) is 0 Å². The number of nitrogens with zero attached hydrogens (tertiary/aromatic N) is 1. The molecule has 1 aromatic heterocycles. The SMILES string of the molecule is COC(=O)Cc1sc(NC(=O)CC2CSCCN2)nc1-c1ccccc1. The monoisotopic (exact) mass is 391 g/mol. The normalized spacial score (nSPS) is 16.9. The summed E-state index contributed by atoms with van der Waals surface area (Å²) in [5.41, 5.74) is 1.62. The van der Waals surface area contributed by atoms with Gasteiger partial charge in [-0.25, -0.2) is 4.98 Å². The lowest BCUT2D eigenvalue weighted by atomic mass is 10.1. The number of carbonyl (C=O) groups is 2. The average molecular weight is 392 g/mol. The number of esters is 1. The van der Waals surface area contributed by atoms with Crippen LogP contribution in [0.4, 0.5) is 5.13 Å². The minimum absolute atomic E-state index is 0.0667. The molecule has 2 heterocycles. The van der Waals surface area contributed by atoms with Crippen molar-refractivity contribution < 1.29 is 14.3 Å². The molecule has 1 amide bonds. The van der Waals surface area contributed by atoms with E-state index >= 15 is 0 Å². The van der Waals surface area contributed by atoms with Gasteiger partial charge in [0.15, 0.2) is 5.13 Å². The molecule has 1 aliphatic heterocycles. The summed E-state index contributed by atoms with van der Waals surface area (Å²) in [6, 6.07) is 9.82. The number of rotatable bonds is 6. The topological polar surface area (TPSA) is 80.3 Å².